The second-order valence-corrected chi connectivity index (χ2v) is 9.16. The maximum atomic E-state index is 13.1. The summed E-state index contributed by atoms with van der Waals surface area (Å²) in [6, 6.07) is 15.3. The van der Waals surface area contributed by atoms with Gasteiger partial charge in [-0.25, -0.2) is 13.6 Å². The molecule has 164 valence electrons. The zero-order chi connectivity index (χ0) is 23.0. The molecule has 0 amide bonds. The number of hydrogen-bond acceptors (Lipinski definition) is 7. The van der Waals surface area contributed by atoms with Gasteiger partial charge in [-0.05, 0) is 43.2 Å². The van der Waals surface area contributed by atoms with Crippen LogP contribution in [0.5, 0.6) is 5.75 Å². The number of para-hydroxylation sites is 1. The van der Waals surface area contributed by atoms with Crippen LogP contribution in [0.4, 0.5) is 5.69 Å². The molecule has 2 aromatic carbocycles. The number of nitriles is 1. The van der Waals surface area contributed by atoms with E-state index in [1.54, 1.807) is 23.1 Å². The van der Waals surface area contributed by atoms with Gasteiger partial charge in [0.25, 0.3) is 0 Å². The van der Waals surface area contributed by atoms with Crippen LogP contribution in [-0.4, -0.2) is 21.3 Å². The normalized spacial score (nSPS) is 19.0. The minimum Gasteiger partial charge on any atom is -0.496 e. The lowest BCUT2D eigenvalue weighted by Crippen LogP contribution is -2.38. The van der Waals surface area contributed by atoms with Crippen molar-refractivity contribution in [1.29, 1.82) is 5.26 Å². The number of primary sulfonamides is 1. The fraction of sp³-hybridized carbons (Fsp3) is 0.217. The van der Waals surface area contributed by atoms with Crippen molar-refractivity contribution < 1.29 is 17.9 Å². The molecule has 4 rings (SSSR count). The van der Waals surface area contributed by atoms with Crippen LogP contribution < -0.4 is 20.5 Å². The van der Waals surface area contributed by atoms with Crippen LogP contribution in [0.3, 0.4) is 0 Å². The molecule has 0 saturated heterocycles. The molecule has 1 aliphatic carbocycles. The van der Waals surface area contributed by atoms with Gasteiger partial charge < -0.3 is 10.5 Å². The highest BCUT2D eigenvalue weighted by atomic mass is 32.2. The molecule has 2 aliphatic rings. The summed E-state index contributed by atoms with van der Waals surface area (Å²) in [5.41, 5.74) is 9.21. The molecular weight excluding hydrogens is 428 g/mol. The number of allylic oxidation sites excluding steroid dienone is 3. The third-order valence-electron chi connectivity index (χ3n) is 5.79. The van der Waals surface area contributed by atoms with Crippen LogP contribution in [0.25, 0.3) is 0 Å². The van der Waals surface area contributed by atoms with Gasteiger partial charge in [0.15, 0.2) is 5.78 Å². The zero-order valence-electron chi connectivity index (χ0n) is 17.4. The lowest BCUT2D eigenvalue weighted by Gasteiger charge is -2.39. The van der Waals surface area contributed by atoms with Crippen molar-refractivity contribution in [3.8, 4) is 11.8 Å². The predicted octanol–water partition coefficient (Wildman–Crippen LogP) is 2.65. The summed E-state index contributed by atoms with van der Waals surface area (Å²) < 4.78 is 28.8. The van der Waals surface area contributed by atoms with Gasteiger partial charge in [0.05, 0.1) is 29.6 Å². The number of methoxy groups -OCH3 is 1. The number of rotatable bonds is 4. The Bertz CT molecular complexity index is 1300. The Morgan fingerprint density at radius 3 is 2.44 bits per heavy atom. The molecule has 1 heterocycles. The number of nitrogens with two attached hydrogens (primary N) is 2. The number of hydrogen-bond donors (Lipinski definition) is 2. The first-order valence-corrected chi connectivity index (χ1v) is 11.5. The van der Waals surface area contributed by atoms with Crippen molar-refractivity contribution in [3.63, 3.8) is 0 Å². The molecule has 2 aromatic rings. The Labute approximate surface area is 186 Å². The summed E-state index contributed by atoms with van der Waals surface area (Å²) in [5.74, 6) is 0.0712. The average Bonchev–Trinajstić information content (AvgIpc) is 2.78. The predicted molar refractivity (Wildman–Crippen MR) is 119 cm³/mol. The number of anilines is 1. The second kappa shape index (κ2) is 8.15. The number of ether oxygens (including phenoxy) is 1. The third-order valence-corrected chi connectivity index (χ3v) is 6.72. The van der Waals surface area contributed by atoms with Crippen LogP contribution in [0.15, 0.2) is 76.1 Å². The summed E-state index contributed by atoms with van der Waals surface area (Å²) in [6.07, 6.45) is 1.61. The lowest BCUT2D eigenvalue weighted by atomic mass is 9.75. The molecule has 0 aromatic heterocycles. The standard InChI is InChI=1S/C23H22N4O4S/c1-31-20-8-3-2-5-16(20)21-17(13-24)23(25)27(18-6-4-7-19(28)22(18)21)14-9-11-15(12-10-14)32(26,29)30/h2-3,5,8-12,21H,4,6-7,25H2,1H3,(H2,26,29,30). The van der Waals surface area contributed by atoms with E-state index < -0.39 is 15.9 Å². The summed E-state index contributed by atoms with van der Waals surface area (Å²) in [6.45, 7) is 0. The smallest absolute Gasteiger partial charge is 0.238 e. The van der Waals surface area contributed by atoms with E-state index in [1.165, 1.54) is 19.2 Å². The van der Waals surface area contributed by atoms with Gasteiger partial charge >= 0.3 is 0 Å². The van der Waals surface area contributed by atoms with Crippen LogP contribution in [0.1, 0.15) is 30.7 Å². The molecule has 0 bridgehead atoms. The quantitative estimate of drug-likeness (QED) is 0.730. The number of sulfonamides is 1. The molecule has 9 heteroatoms. The third kappa shape index (κ3) is 3.53. The van der Waals surface area contributed by atoms with Gasteiger partial charge in [0.1, 0.15) is 11.6 Å². The van der Waals surface area contributed by atoms with Crippen LogP contribution in [-0.2, 0) is 14.8 Å². The molecule has 4 N–H and O–H groups in total. The summed E-state index contributed by atoms with van der Waals surface area (Å²) >= 11 is 0. The van der Waals surface area contributed by atoms with E-state index in [2.05, 4.69) is 6.07 Å². The molecule has 0 fully saturated rings. The molecule has 0 saturated carbocycles. The molecule has 1 aliphatic heterocycles. The molecule has 0 radical (unpaired) electrons. The van der Waals surface area contributed by atoms with E-state index in [0.717, 1.165) is 0 Å². The molecule has 1 atom stereocenters. The zero-order valence-corrected chi connectivity index (χ0v) is 18.2. The number of benzene rings is 2. The fourth-order valence-corrected chi connectivity index (χ4v) is 4.90. The highest BCUT2D eigenvalue weighted by Gasteiger charge is 2.41. The largest absolute Gasteiger partial charge is 0.496 e. The Morgan fingerprint density at radius 2 is 1.81 bits per heavy atom. The number of ketones is 1. The number of nitrogens with zero attached hydrogens (tertiary/aromatic N) is 2. The van der Waals surface area contributed by atoms with Crippen LogP contribution >= 0.6 is 0 Å². The Balaban J connectivity index is 1.95. The molecule has 0 spiro atoms. The van der Waals surface area contributed by atoms with Crippen molar-refractivity contribution in [2.45, 2.75) is 30.1 Å². The Hall–Kier alpha value is -3.61. The summed E-state index contributed by atoms with van der Waals surface area (Å²) in [7, 11) is -2.32. The highest BCUT2D eigenvalue weighted by molar-refractivity contribution is 7.89. The molecule has 1 unspecified atom stereocenters. The summed E-state index contributed by atoms with van der Waals surface area (Å²) in [5, 5.41) is 15.3. The number of carbonyl (C=O) groups excluding carboxylic acids is 1. The van der Waals surface area contributed by atoms with Crippen LogP contribution in [0, 0.1) is 11.3 Å². The highest BCUT2D eigenvalue weighted by Crippen LogP contribution is 2.48. The average molecular weight is 451 g/mol. The maximum absolute atomic E-state index is 13.1. The number of Topliss-reactive ketones (excluding diaryl/α,β-unsaturated/α-hetero) is 1. The van der Waals surface area contributed by atoms with Crippen molar-refractivity contribution in [1.82, 2.24) is 0 Å². The maximum Gasteiger partial charge on any atom is 0.238 e. The molecule has 8 nitrogen and oxygen atoms in total. The van der Waals surface area contributed by atoms with E-state index in [-0.39, 0.29) is 22.1 Å². The van der Waals surface area contributed by atoms with Crippen molar-refractivity contribution in [2.24, 2.45) is 10.9 Å². The van der Waals surface area contributed by atoms with Crippen LogP contribution in [0.2, 0.25) is 0 Å². The van der Waals surface area contributed by atoms with E-state index in [9.17, 15) is 18.5 Å². The van der Waals surface area contributed by atoms with Gasteiger partial charge in [-0.15, -0.1) is 0 Å². The molecular formula is C23H22N4O4S. The summed E-state index contributed by atoms with van der Waals surface area (Å²) in [4.78, 5) is 14.8. The monoisotopic (exact) mass is 450 g/mol. The van der Waals surface area contributed by atoms with Crippen molar-refractivity contribution in [2.75, 3.05) is 12.0 Å². The number of carbonyl (C=O) groups is 1. The van der Waals surface area contributed by atoms with Gasteiger partial charge in [-0.1, -0.05) is 18.2 Å². The first-order chi connectivity index (χ1) is 15.3. The van der Waals surface area contributed by atoms with E-state index >= 15 is 0 Å². The van der Waals surface area contributed by atoms with Crippen molar-refractivity contribution >= 4 is 21.5 Å². The second-order valence-electron chi connectivity index (χ2n) is 7.60. The minimum absolute atomic E-state index is 0.0397. The molecule has 32 heavy (non-hydrogen) atoms. The first kappa shape index (κ1) is 21.6. The Morgan fingerprint density at radius 1 is 1.12 bits per heavy atom. The first-order valence-electron chi connectivity index (χ1n) is 9.99. The van der Waals surface area contributed by atoms with E-state index in [4.69, 9.17) is 15.6 Å². The van der Waals surface area contributed by atoms with E-state index in [0.29, 0.717) is 47.5 Å². The van der Waals surface area contributed by atoms with E-state index in [1.807, 2.05) is 18.2 Å². The topological polar surface area (TPSA) is 140 Å². The Kier molecular flexibility index (Phi) is 5.50. The van der Waals surface area contributed by atoms with Gasteiger partial charge in [0, 0.05) is 28.9 Å². The minimum atomic E-state index is -3.86. The van der Waals surface area contributed by atoms with Gasteiger partial charge in [0.2, 0.25) is 10.0 Å². The van der Waals surface area contributed by atoms with Gasteiger partial charge in [-0.3, -0.25) is 9.69 Å². The lowest BCUT2D eigenvalue weighted by molar-refractivity contribution is -0.116. The SMILES string of the molecule is COc1ccccc1C1C(C#N)=C(N)N(c2ccc(S(N)(=O)=O)cc2)C2=C1C(=O)CCC2. The fourth-order valence-electron chi connectivity index (χ4n) is 4.38. The van der Waals surface area contributed by atoms with Gasteiger partial charge in [-0.2, -0.15) is 5.26 Å². The van der Waals surface area contributed by atoms with Crippen molar-refractivity contribution in [3.05, 3.63) is 76.8 Å².